The molecule has 106 valence electrons. The van der Waals surface area contributed by atoms with Crippen molar-refractivity contribution in [1.29, 1.82) is 0 Å². The number of benzene rings is 1. The van der Waals surface area contributed by atoms with Gasteiger partial charge >= 0.3 is 0 Å². The zero-order valence-electron chi connectivity index (χ0n) is 11.3. The lowest BCUT2D eigenvalue weighted by Gasteiger charge is -2.34. The molecule has 0 heterocycles. The number of hydrogen-bond acceptors (Lipinski definition) is 1. The van der Waals surface area contributed by atoms with Crippen LogP contribution in [0.3, 0.4) is 0 Å². The van der Waals surface area contributed by atoms with Gasteiger partial charge in [-0.3, -0.25) is 0 Å². The van der Waals surface area contributed by atoms with E-state index in [1.165, 1.54) is 31.7 Å². The molecule has 0 amide bonds. The van der Waals surface area contributed by atoms with E-state index >= 15 is 0 Å². The van der Waals surface area contributed by atoms with E-state index in [-0.39, 0.29) is 16.1 Å². The third-order valence-electron chi connectivity index (χ3n) is 4.39. The fraction of sp³-hybridized carbons (Fsp3) is 0.600. The summed E-state index contributed by atoms with van der Waals surface area (Å²) in [6, 6.07) is 3.31. The average Bonchev–Trinajstić information content (AvgIpc) is 2.90. The zero-order chi connectivity index (χ0) is 14.0. The van der Waals surface area contributed by atoms with Crippen LogP contribution in [0.5, 0.6) is 5.75 Å². The van der Waals surface area contributed by atoms with E-state index in [0.717, 1.165) is 12.0 Å². The number of alkyl halides is 1. The van der Waals surface area contributed by atoms with Gasteiger partial charge in [0.05, 0.1) is 11.6 Å². The first-order valence-corrected chi connectivity index (χ1v) is 8.42. The Bertz CT molecular complexity index is 456. The molecule has 1 aliphatic carbocycles. The summed E-state index contributed by atoms with van der Waals surface area (Å²) in [7, 11) is 1.60. The monoisotopic (exact) mass is 392 g/mol. The van der Waals surface area contributed by atoms with Crippen LogP contribution in [0.25, 0.3) is 0 Å². The molecule has 1 saturated carbocycles. The maximum atomic E-state index is 13.6. The van der Waals surface area contributed by atoms with Gasteiger partial charge in [-0.25, -0.2) is 4.39 Å². The molecule has 1 unspecified atom stereocenters. The van der Waals surface area contributed by atoms with E-state index in [1.807, 2.05) is 6.07 Å². The van der Waals surface area contributed by atoms with Gasteiger partial charge in [-0.2, -0.15) is 0 Å². The van der Waals surface area contributed by atoms with Gasteiger partial charge in [0.2, 0.25) is 0 Å². The first-order chi connectivity index (χ1) is 9.04. The number of methoxy groups -OCH3 is 1. The second-order valence-corrected chi connectivity index (χ2v) is 7.06. The second-order valence-electron chi connectivity index (χ2n) is 5.29. The summed E-state index contributed by atoms with van der Waals surface area (Å²) in [5.74, 6) is 0.347. The lowest BCUT2D eigenvalue weighted by atomic mass is 9.77. The molecule has 0 aromatic heterocycles. The third kappa shape index (κ3) is 2.85. The predicted molar refractivity (Wildman–Crippen MR) is 83.5 cm³/mol. The number of halogens is 3. The standard InChI is InChI=1S/C15H19Br2FO/c1-3-15(6-4-5-7-15)14(17)10-8-11(16)12(18)9-13(10)19-2/h8-9,14H,3-7H2,1-2H3. The quantitative estimate of drug-likeness (QED) is 0.569. The molecule has 0 N–H and O–H groups in total. The average molecular weight is 394 g/mol. The van der Waals surface area contributed by atoms with E-state index in [2.05, 4.69) is 38.8 Å². The van der Waals surface area contributed by atoms with Crippen molar-refractivity contribution in [3.8, 4) is 5.75 Å². The highest BCUT2D eigenvalue weighted by molar-refractivity contribution is 9.10. The third-order valence-corrected chi connectivity index (χ3v) is 6.46. The largest absolute Gasteiger partial charge is 0.496 e. The van der Waals surface area contributed by atoms with E-state index < -0.39 is 0 Å². The molecule has 0 spiro atoms. The fourth-order valence-corrected chi connectivity index (χ4v) is 4.61. The van der Waals surface area contributed by atoms with Crippen molar-refractivity contribution in [2.75, 3.05) is 7.11 Å². The Morgan fingerprint density at radius 1 is 1.37 bits per heavy atom. The van der Waals surface area contributed by atoms with Gasteiger partial charge in [-0.05, 0) is 46.7 Å². The van der Waals surface area contributed by atoms with Crippen molar-refractivity contribution in [1.82, 2.24) is 0 Å². The number of hydrogen-bond donors (Lipinski definition) is 0. The highest BCUT2D eigenvalue weighted by Crippen LogP contribution is 2.55. The van der Waals surface area contributed by atoms with Gasteiger partial charge in [0.15, 0.2) is 0 Å². The van der Waals surface area contributed by atoms with E-state index in [1.54, 1.807) is 7.11 Å². The number of rotatable bonds is 4. The van der Waals surface area contributed by atoms with Crippen LogP contribution in [-0.2, 0) is 0 Å². The fourth-order valence-electron chi connectivity index (χ4n) is 3.11. The molecule has 4 heteroatoms. The summed E-state index contributed by atoms with van der Waals surface area (Å²) in [5.41, 5.74) is 1.31. The molecule has 0 bridgehead atoms. The van der Waals surface area contributed by atoms with Gasteiger partial charge in [-0.1, -0.05) is 35.7 Å². The topological polar surface area (TPSA) is 9.23 Å². The van der Waals surface area contributed by atoms with Crippen LogP contribution in [0.15, 0.2) is 16.6 Å². The Labute approximate surface area is 131 Å². The van der Waals surface area contributed by atoms with Crippen LogP contribution < -0.4 is 4.74 Å². The predicted octanol–water partition coefficient (Wildman–Crippen LogP) is 6.00. The molecule has 1 aromatic carbocycles. The minimum atomic E-state index is -0.280. The van der Waals surface area contributed by atoms with E-state index in [0.29, 0.717) is 10.2 Å². The minimum Gasteiger partial charge on any atom is -0.496 e. The van der Waals surface area contributed by atoms with Gasteiger partial charge in [0, 0.05) is 16.5 Å². The molecular weight excluding hydrogens is 375 g/mol. The minimum absolute atomic E-state index is 0.208. The van der Waals surface area contributed by atoms with Crippen LogP contribution in [0.2, 0.25) is 0 Å². The normalized spacial score (nSPS) is 19.4. The summed E-state index contributed by atoms with van der Waals surface area (Å²) >= 11 is 7.13. The first-order valence-electron chi connectivity index (χ1n) is 6.71. The molecule has 19 heavy (non-hydrogen) atoms. The van der Waals surface area contributed by atoms with E-state index in [9.17, 15) is 4.39 Å². The summed E-state index contributed by atoms with van der Waals surface area (Å²) in [6.07, 6.45) is 6.12. The molecule has 1 nitrogen and oxygen atoms in total. The van der Waals surface area contributed by atoms with Gasteiger partial charge in [0.25, 0.3) is 0 Å². The molecular formula is C15H19Br2FO. The molecule has 1 atom stereocenters. The summed E-state index contributed by atoms with van der Waals surface area (Å²) < 4.78 is 19.5. The van der Waals surface area contributed by atoms with Crippen molar-refractivity contribution in [2.45, 2.75) is 43.9 Å². The summed E-state index contributed by atoms with van der Waals surface area (Å²) in [5, 5.41) is 0. The van der Waals surface area contributed by atoms with Crippen molar-refractivity contribution in [2.24, 2.45) is 5.41 Å². The van der Waals surface area contributed by atoms with Crippen LogP contribution >= 0.6 is 31.9 Å². The summed E-state index contributed by atoms with van der Waals surface area (Å²) in [4.78, 5) is 0.208. The van der Waals surface area contributed by atoms with E-state index in [4.69, 9.17) is 4.74 Å². The van der Waals surface area contributed by atoms with Crippen molar-refractivity contribution in [3.63, 3.8) is 0 Å². The maximum absolute atomic E-state index is 13.6. The molecule has 1 aromatic rings. The lowest BCUT2D eigenvalue weighted by Crippen LogP contribution is -2.21. The Kier molecular flexibility index (Phi) is 4.93. The first kappa shape index (κ1) is 15.3. The summed E-state index contributed by atoms with van der Waals surface area (Å²) in [6.45, 7) is 2.24. The van der Waals surface area contributed by atoms with Gasteiger partial charge < -0.3 is 4.74 Å². The Morgan fingerprint density at radius 2 is 2.00 bits per heavy atom. The SMILES string of the molecule is CCC1(C(Br)c2cc(Br)c(F)cc2OC)CCCC1. The van der Waals surface area contributed by atoms with Crippen LogP contribution in [0.4, 0.5) is 4.39 Å². The van der Waals surface area contributed by atoms with Crippen LogP contribution in [0.1, 0.15) is 49.4 Å². The van der Waals surface area contributed by atoms with Crippen molar-refractivity contribution < 1.29 is 9.13 Å². The molecule has 1 fully saturated rings. The molecule has 0 saturated heterocycles. The Morgan fingerprint density at radius 3 is 2.53 bits per heavy atom. The Balaban J connectivity index is 2.42. The smallest absolute Gasteiger partial charge is 0.141 e. The molecule has 0 aliphatic heterocycles. The zero-order valence-corrected chi connectivity index (χ0v) is 14.5. The van der Waals surface area contributed by atoms with Crippen molar-refractivity contribution >= 4 is 31.9 Å². The van der Waals surface area contributed by atoms with Gasteiger partial charge in [0.1, 0.15) is 11.6 Å². The molecule has 1 aliphatic rings. The lowest BCUT2D eigenvalue weighted by molar-refractivity contribution is 0.274. The maximum Gasteiger partial charge on any atom is 0.141 e. The second kappa shape index (κ2) is 6.13. The Hall–Kier alpha value is -0.0900. The van der Waals surface area contributed by atoms with Gasteiger partial charge in [-0.15, -0.1) is 0 Å². The highest BCUT2D eigenvalue weighted by Gasteiger charge is 2.40. The number of ether oxygens (including phenoxy) is 1. The highest BCUT2D eigenvalue weighted by atomic mass is 79.9. The van der Waals surface area contributed by atoms with Crippen LogP contribution in [-0.4, -0.2) is 7.11 Å². The molecule has 2 rings (SSSR count). The van der Waals surface area contributed by atoms with Crippen molar-refractivity contribution in [3.05, 3.63) is 28.0 Å². The van der Waals surface area contributed by atoms with Crippen LogP contribution in [0, 0.1) is 11.2 Å². The molecule has 0 radical (unpaired) electrons.